The molecule has 0 bridgehead atoms. The zero-order valence-corrected chi connectivity index (χ0v) is 16.9. The standard InChI is InChI=1S/C20H22FN7O2/c1-4-27(17-7-8-28-20(25-17)14(11-29)19(23)26-28)18-13(9-22)15(21)5-6-16(18)30-12(2)10-24-3/h5-8,11-12,24H,4,10H2,1-3H3,(H2,23,26). The van der Waals surface area contributed by atoms with Crippen LogP contribution in [0.15, 0.2) is 24.4 Å². The van der Waals surface area contributed by atoms with E-state index in [1.54, 1.807) is 24.2 Å². The molecule has 3 aromatic rings. The molecule has 0 aliphatic carbocycles. The third-order valence-corrected chi connectivity index (χ3v) is 4.54. The number of likely N-dealkylation sites (N-methyl/N-ethyl adjacent to an activating group) is 1. The smallest absolute Gasteiger partial charge is 0.170 e. The molecule has 156 valence electrons. The maximum atomic E-state index is 14.5. The Bertz CT molecular complexity index is 1120. The summed E-state index contributed by atoms with van der Waals surface area (Å²) in [5.41, 5.74) is 6.30. The molecule has 0 saturated heterocycles. The summed E-state index contributed by atoms with van der Waals surface area (Å²) in [5, 5.41) is 16.7. The quantitative estimate of drug-likeness (QED) is 0.542. The molecule has 0 amide bonds. The fourth-order valence-corrected chi connectivity index (χ4v) is 3.21. The molecule has 10 heteroatoms. The number of ether oxygens (including phenoxy) is 1. The van der Waals surface area contributed by atoms with Crippen LogP contribution in [0.25, 0.3) is 5.65 Å². The van der Waals surface area contributed by atoms with Crippen LogP contribution >= 0.6 is 0 Å². The molecule has 1 aromatic carbocycles. The van der Waals surface area contributed by atoms with Crippen LogP contribution in [0.4, 0.5) is 21.7 Å². The number of nitriles is 1. The van der Waals surface area contributed by atoms with Gasteiger partial charge in [-0.05, 0) is 39.1 Å². The van der Waals surface area contributed by atoms with Crippen molar-refractivity contribution in [2.75, 3.05) is 30.8 Å². The lowest BCUT2D eigenvalue weighted by molar-refractivity contribution is 0.112. The van der Waals surface area contributed by atoms with E-state index < -0.39 is 5.82 Å². The second kappa shape index (κ2) is 8.75. The van der Waals surface area contributed by atoms with Gasteiger partial charge in [-0.2, -0.15) is 5.26 Å². The SMILES string of the molecule is CCN(c1ccn2nc(N)c(C=O)c2n1)c1c(OC(C)CNC)ccc(F)c1C#N. The van der Waals surface area contributed by atoms with Crippen LogP contribution in [0.2, 0.25) is 0 Å². The predicted molar refractivity (Wildman–Crippen MR) is 111 cm³/mol. The van der Waals surface area contributed by atoms with Gasteiger partial charge in [-0.3, -0.25) is 4.79 Å². The maximum absolute atomic E-state index is 14.5. The average Bonchev–Trinajstić information content (AvgIpc) is 3.05. The maximum Gasteiger partial charge on any atom is 0.170 e. The van der Waals surface area contributed by atoms with Crippen LogP contribution in [-0.4, -0.2) is 47.1 Å². The number of benzene rings is 1. The number of carbonyl (C=O) groups is 1. The van der Waals surface area contributed by atoms with Crippen molar-refractivity contribution in [3.8, 4) is 11.8 Å². The Kier molecular flexibility index (Phi) is 6.13. The van der Waals surface area contributed by atoms with Crippen LogP contribution in [0.5, 0.6) is 5.75 Å². The summed E-state index contributed by atoms with van der Waals surface area (Å²) >= 11 is 0. The second-order valence-electron chi connectivity index (χ2n) is 6.58. The van der Waals surface area contributed by atoms with Crippen molar-refractivity contribution in [2.24, 2.45) is 0 Å². The van der Waals surface area contributed by atoms with Crippen molar-refractivity contribution >= 4 is 29.3 Å². The normalized spacial score (nSPS) is 11.8. The van der Waals surface area contributed by atoms with Crippen LogP contribution in [-0.2, 0) is 0 Å². The second-order valence-corrected chi connectivity index (χ2v) is 6.58. The highest BCUT2D eigenvalue weighted by Gasteiger charge is 2.24. The molecule has 2 heterocycles. The van der Waals surface area contributed by atoms with Gasteiger partial charge in [-0.25, -0.2) is 13.9 Å². The molecule has 0 radical (unpaired) electrons. The number of nitrogens with zero attached hydrogens (tertiary/aromatic N) is 5. The highest BCUT2D eigenvalue weighted by Crippen LogP contribution is 2.38. The Morgan fingerprint density at radius 3 is 2.87 bits per heavy atom. The van der Waals surface area contributed by atoms with E-state index in [0.717, 1.165) is 0 Å². The molecule has 0 fully saturated rings. The Labute approximate surface area is 172 Å². The van der Waals surface area contributed by atoms with E-state index in [1.165, 1.54) is 16.6 Å². The van der Waals surface area contributed by atoms with Crippen molar-refractivity contribution < 1.29 is 13.9 Å². The first-order valence-corrected chi connectivity index (χ1v) is 9.36. The van der Waals surface area contributed by atoms with E-state index in [1.807, 2.05) is 19.9 Å². The van der Waals surface area contributed by atoms with Gasteiger partial charge < -0.3 is 20.7 Å². The molecule has 1 unspecified atom stereocenters. The molecule has 2 aromatic heterocycles. The topological polar surface area (TPSA) is 122 Å². The molecule has 3 rings (SSSR count). The lowest BCUT2D eigenvalue weighted by Gasteiger charge is -2.27. The van der Waals surface area contributed by atoms with Crippen LogP contribution in [0.3, 0.4) is 0 Å². The summed E-state index contributed by atoms with van der Waals surface area (Å²) in [5.74, 6) is 0.137. The predicted octanol–water partition coefficient (Wildman–Crippen LogP) is 2.28. The van der Waals surface area contributed by atoms with Gasteiger partial charge >= 0.3 is 0 Å². The van der Waals surface area contributed by atoms with Crippen molar-refractivity contribution in [1.82, 2.24) is 19.9 Å². The van der Waals surface area contributed by atoms with Crippen LogP contribution < -0.4 is 20.7 Å². The summed E-state index contributed by atoms with van der Waals surface area (Å²) in [6.45, 7) is 4.62. The summed E-state index contributed by atoms with van der Waals surface area (Å²) < 4.78 is 21.9. The Morgan fingerprint density at radius 1 is 1.47 bits per heavy atom. The molecular weight excluding hydrogens is 389 g/mol. The van der Waals surface area contributed by atoms with E-state index in [9.17, 15) is 14.4 Å². The van der Waals surface area contributed by atoms with E-state index in [0.29, 0.717) is 30.9 Å². The number of nitrogens with one attached hydrogen (secondary N) is 1. The zero-order chi connectivity index (χ0) is 21.8. The van der Waals surface area contributed by atoms with Gasteiger partial charge in [-0.15, -0.1) is 5.10 Å². The largest absolute Gasteiger partial charge is 0.487 e. The van der Waals surface area contributed by atoms with E-state index in [4.69, 9.17) is 10.5 Å². The van der Waals surface area contributed by atoms with Gasteiger partial charge in [0.1, 0.15) is 46.4 Å². The Balaban J connectivity index is 2.18. The minimum atomic E-state index is -0.664. The molecule has 3 N–H and O–H groups in total. The average molecular weight is 411 g/mol. The van der Waals surface area contributed by atoms with Crippen LogP contribution in [0, 0.1) is 17.1 Å². The van der Waals surface area contributed by atoms with Gasteiger partial charge in [0.25, 0.3) is 0 Å². The number of rotatable bonds is 8. The number of aldehydes is 1. The highest BCUT2D eigenvalue weighted by atomic mass is 19.1. The molecule has 9 nitrogen and oxygen atoms in total. The Hall–Kier alpha value is -3.71. The van der Waals surface area contributed by atoms with E-state index in [-0.39, 0.29) is 34.4 Å². The van der Waals surface area contributed by atoms with Crippen molar-refractivity contribution in [3.63, 3.8) is 0 Å². The monoisotopic (exact) mass is 411 g/mol. The molecular formula is C20H22FN7O2. The minimum absolute atomic E-state index is 0.0612. The van der Waals surface area contributed by atoms with Crippen LogP contribution in [0.1, 0.15) is 29.8 Å². The summed E-state index contributed by atoms with van der Waals surface area (Å²) in [6, 6.07) is 6.26. The molecule has 0 aliphatic rings. The molecule has 0 aliphatic heterocycles. The van der Waals surface area contributed by atoms with Gasteiger partial charge in [0.05, 0.1) is 0 Å². The summed E-state index contributed by atoms with van der Waals surface area (Å²) in [7, 11) is 1.80. The third-order valence-electron chi connectivity index (χ3n) is 4.54. The number of hydrogen-bond donors (Lipinski definition) is 2. The van der Waals surface area contributed by atoms with E-state index >= 15 is 0 Å². The summed E-state index contributed by atoms with van der Waals surface area (Å²) in [4.78, 5) is 17.5. The fourth-order valence-electron chi connectivity index (χ4n) is 3.21. The number of nitrogen functional groups attached to an aromatic ring is 1. The third kappa shape index (κ3) is 3.75. The number of aromatic nitrogens is 3. The van der Waals surface area contributed by atoms with Gasteiger partial charge in [0.15, 0.2) is 17.8 Å². The number of anilines is 3. The molecule has 30 heavy (non-hydrogen) atoms. The first kappa shape index (κ1) is 21.0. The highest BCUT2D eigenvalue weighted by molar-refractivity contribution is 5.91. The zero-order valence-electron chi connectivity index (χ0n) is 16.9. The number of fused-ring (bicyclic) bond motifs is 1. The fraction of sp³-hybridized carbons (Fsp3) is 0.300. The van der Waals surface area contributed by atoms with Gasteiger partial charge in [0, 0.05) is 19.3 Å². The number of hydrogen-bond acceptors (Lipinski definition) is 8. The summed E-state index contributed by atoms with van der Waals surface area (Å²) in [6.07, 6.45) is 1.96. The molecule has 0 spiro atoms. The minimum Gasteiger partial charge on any atom is -0.487 e. The molecule has 0 saturated carbocycles. The van der Waals surface area contributed by atoms with Crippen molar-refractivity contribution in [2.45, 2.75) is 20.0 Å². The van der Waals surface area contributed by atoms with Gasteiger partial charge in [0.2, 0.25) is 0 Å². The first-order valence-electron chi connectivity index (χ1n) is 9.36. The van der Waals surface area contributed by atoms with Crippen molar-refractivity contribution in [1.29, 1.82) is 5.26 Å². The Morgan fingerprint density at radius 2 is 2.23 bits per heavy atom. The van der Waals surface area contributed by atoms with E-state index in [2.05, 4.69) is 15.4 Å². The van der Waals surface area contributed by atoms with Crippen molar-refractivity contribution in [3.05, 3.63) is 41.3 Å². The molecule has 1 atom stereocenters. The lowest BCUT2D eigenvalue weighted by atomic mass is 10.1. The first-order chi connectivity index (χ1) is 14.4. The lowest BCUT2D eigenvalue weighted by Crippen LogP contribution is -2.27. The number of nitrogens with two attached hydrogens (primary N) is 1. The number of halogens is 1. The number of carbonyl (C=O) groups excluding carboxylic acids is 1. The van der Waals surface area contributed by atoms with Gasteiger partial charge in [-0.1, -0.05) is 0 Å².